The lowest BCUT2D eigenvalue weighted by Crippen LogP contribution is -2.40. The molecule has 2 rings (SSSR count). The molecule has 1 aromatic rings. The van der Waals surface area contributed by atoms with E-state index in [4.69, 9.17) is 18.0 Å². The number of halogens is 3. The molecule has 2 heterocycles. The number of hydrogen-bond acceptors (Lipinski definition) is 3. The van der Waals surface area contributed by atoms with Gasteiger partial charge in [-0.2, -0.15) is 13.2 Å². The lowest BCUT2D eigenvalue weighted by Gasteiger charge is -2.35. The normalized spacial score (nSPS) is 17.1. The zero-order valence-electron chi connectivity index (χ0n) is 12.0. The third kappa shape index (κ3) is 3.45. The van der Waals surface area contributed by atoms with Crippen molar-refractivity contribution in [1.82, 2.24) is 4.98 Å². The molecule has 0 amide bonds. The van der Waals surface area contributed by atoms with Crippen LogP contribution in [0.25, 0.3) is 0 Å². The molecule has 1 aromatic heterocycles. The Kier molecular flexibility index (Phi) is 4.41. The first kappa shape index (κ1) is 16.0. The molecule has 0 aliphatic carbocycles. The van der Waals surface area contributed by atoms with Crippen LogP contribution < -0.4 is 10.6 Å². The zero-order valence-corrected chi connectivity index (χ0v) is 12.8. The van der Waals surface area contributed by atoms with Crippen molar-refractivity contribution in [3.63, 3.8) is 0 Å². The number of hydrogen-bond donors (Lipinski definition) is 1. The van der Waals surface area contributed by atoms with Crippen LogP contribution in [0.15, 0.2) is 6.07 Å². The predicted molar refractivity (Wildman–Crippen MR) is 80.6 cm³/mol. The molecule has 116 valence electrons. The molecule has 0 saturated carbocycles. The number of nitrogens with zero attached hydrogens (tertiary/aromatic N) is 2. The van der Waals surface area contributed by atoms with Gasteiger partial charge in [0, 0.05) is 24.5 Å². The Morgan fingerprint density at radius 2 is 1.90 bits per heavy atom. The Bertz CT molecular complexity index is 549. The molecular weight excluding hydrogens is 299 g/mol. The number of anilines is 1. The van der Waals surface area contributed by atoms with E-state index in [1.807, 2.05) is 24.8 Å². The van der Waals surface area contributed by atoms with Gasteiger partial charge in [-0.25, -0.2) is 0 Å². The maximum absolute atomic E-state index is 12.7. The Hall–Kier alpha value is -1.37. The maximum Gasteiger partial charge on any atom is 0.391 e. The van der Waals surface area contributed by atoms with Gasteiger partial charge in [0.25, 0.3) is 0 Å². The van der Waals surface area contributed by atoms with Crippen LogP contribution in [0.3, 0.4) is 0 Å². The number of piperidine rings is 1. The van der Waals surface area contributed by atoms with Crippen molar-refractivity contribution in [2.75, 3.05) is 18.0 Å². The highest BCUT2D eigenvalue weighted by Gasteiger charge is 2.41. The molecule has 1 fully saturated rings. The van der Waals surface area contributed by atoms with E-state index in [2.05, 4.69) is 4.98 Å². The zero-order chi connectivity index (χ0) is 15.8. The standard InChI is InChI=1S/C14H18F3N3S/c1-8-7-11(12(13(18)21)9(2)19-8)20-5-3-10(4-6-20)14(15,16)17/h7,10H,3-6H2,1-2H3,(H2,18,21). The molecule has 2 N–H and O–H groups in total. The molecule has 0 atom stereocenters. The first-order valence-corrected chi connectivity index (χ1v) is 7.20. The smallest absolute Gasteiger partial charge is 0.389 e. The molecular formula is C14H18F3N3S. The SMILES string of the molecule is Cc1cc(N2CCC(C(F)(F)F)CC2)c(C(N)=S)c(C)n1. The highest BCUT2D eigenvalue weighted by molar-refractivity contribution is 7.80. The molecule has 21 heavy (non-hydrogen) atoms. The van der Waals surface area contributed by atoms with Gasteiger partial charge < -0.3 is 10.6 Å². The van der Waals surface area contributed by atoms with E-state index in [0.29, 0.717) is 18.7 Å². The summed E-state index contributed by atoms with van der Waals surface area (Å²) in [5, 5.41) is 0. The van der Waals surface area contributed by atoms with Crippen LogP contribution in [-0.4, -0.2) is 29.2 Å². The molecule has 1 saturated heterocycles. The minimum absolute atomic E-state index is 0.0979. The Morgan fingerprint density at radius 3 is 2.38 bits per heavy atom. The fraction of sp³-hybridized carbons (Fsp3) is 0.571. The first-order valence-electron chi connectivity index (χ1n) is 6.80. The van der Waals surface area contributed by atoms with Gasteiger partial charge in [0.05, 0.1) is 17.2 Å². The highest BCUT2D eigenvalue weighted by atomic mass is 32.1. The van der Waals surface area contributed by atoms with E-state index < -0.39 is 12.1 Å². The third-order valence-corrected chi connectivity index (χ3v) is 4.06. The van der Waals surface area contributed by atoms with Crippen molar-refractivity contribution in [3.8, 4) is 0 Å². The van der Waals surface area contributed by atoms with Gasteiger partial charge >= 0.3 is 6.18 Å². The van der Waals surface area contributed by atoms with Crippen LogP contribution in [0.5, 0.6) is 0 Å². The van der Waals surface area contributed by atoms with Crippen LogP contribution in [-0.2, 0) is 0 Å². The summed E-state index contributed by atoms with van der Waals surface area (Å²) in [5.74, 6) is -1.22. The van der Waals surface area contributed by atoms with Crippen molar-refractivity contribution >= 4 is 22.9 Å². The number of alkyl halides is 3. The van der Waals surface area contributed by atoms with Crippen molar-refractivity contribution < 1.29 is 13.2 Å². The first-order chi connectivity index (χ1) is 9.70. The molecule has 1 aliphatic rings. The summed E-state index contributed by atoms with van der Waals surface area (Å²) in [6.45, 7) is 4.36. The maximum atomic E-state index is 12.7. The predicted octanol–water partition coefficient (Wildman–Crippen LogP) is 3.11. The molecule has 0 bridgehead atoms. The largest absolute Gasteiger partial charge is 0.391 e. The number of rotatable bonds is 2. The van der Waals surface area contributed by atoms with Crippen molar-refractivity contribution in [2.45, 2.75) is 32.9 Å². The molecule has 7 heteroatoms. The van der Waals surface area contributed by atoms with E-state index in [0.717, 1.165) is 17.1 Å². The van der Waals surface area contributed by atoms with Gasteiger partial charge in [-0.1, -0.05) is 12.2 Å². The average Bonchev–Trinajstić information content (AvgIpc) is 2.36. The van der Waals surface area contributed by atoms with Gasteiger partial charge in [-0.3, -0.25) is 4.98 Å². The molecule has 0 spiro atoms. The minimum Gasteiger partial charge on any atom is -0.389 e. The lowest BCUT2D eigenvalue weighted by molar-refractivity contribution is -0.179. The third-order valence-electron chi connectivity index (χ3n) is 3.85. The summed E-state index contributed by atoms with van der Waals surface area (Å²) in [6.07, 6.45) is -3.91. The second-order valence-electron chi connectivity index (χ2n) is 5.41. The van der Waals surface area contributed by atoms with E-state index in [1.54, 1.807) is 0 Å². The van der Waals surface area contributed by atoms with Crippen molar-refractivity contribution in [3.05, 3.63) is 23.0 Å². The highest BCUT2D eigenvalue weighted by Crippen LogP contribution is 2.36. The van der Waals surface area contributed by atoms with Crippen LogP contribution in [0.4, 0.5) is 18.9 Å². The summed E-state index contributed by atoms with van der Waals surface area (Å²) in [7, 11) is 0. The number of nitrogens with two attached hydrogens (primary N) is 1. The van der Waals surface area contributed by atoms with Crippen LogP contribution in [0.2, 0.25) is 0 Å². The number of thiocarbonyl (C=S) groups is 1. The Labute approximate surface area is 127 Å². The molecule has 0 unspecified atom stereocenters. The van der Waals surface area contributed by atoms with Gasteiger partial charge in [-0.05, 0) is 32.8 Å². The van der Waals surface area contributed by atoms with E-state index in [9.17, 15) is 13.2 Å². The Balaban J connectivity index is 2.26. The number of aromatic nitrogens is 1. The van der Waals surface area contributed by atoms with Gasteiger partial charge in [0.1, 0.15) is 4.99 Å². The monoisotopic (exact) mass is 317 g/mol. The number of pyridine rings is 1. The lowest BCUT2D eigenvalue weighted by atomic mass is 9.95. The van der Waals surface area contributed by atoms with Crippen molar-refractivity contribution in [2.24, 2.45) is 11.7 Å². The fourth-order valence-electron chi connectivity index (χ4n) is 2.81. The topological polar surface area (TPSA) is 42.1 Å². The van der Waals surface area contributed by atoms with E-state index >= 15 is 0 Å². The average molecular weight is 317 g/mol. The summed E-state index contributed by atoms with van der Waals surface area (Å²) >= 11 is 5.06. The summed E-state index contributed by atoms with van der Waals surface area (Å²) in [6, 6.07) is 1.84. The van der Waals surface area contributed by atoms with E-state index in [-0.39, 0.29) is 17.8 Å². The van der Waals surface area contributed by atoms with Crippen molar-refractivity contribution in [1.29, 1.82) is 0 Å². The van der Waals surface area contributed by atoms with Gasteiger partial charge in [-0.15, -0.1) is 0 Å². The summed E-state index contributed by atoms with van der Waals surface area (Å²) < 4.78 is 38.2. The van der Waals surface area contributed by atoms with Crippen LogP contribution in [0.1, 0.15) is 29.8 Å². The molecule has 3 nitrogen and oxygen atoms in total. The van der Waals surface area contributed by atoms with E-state index in [1.165, 1.54) is 0 Å². The summed E-state index contributed by atoms with van der Waals surface area (Å²) in [4.78, 5) is 6.49. The quantitative estimate of drug-likeness (QED) is 0.851. The second kappa shape index (κ2) is 5.79. The van der Waals surface area contributed by atoms with Gasteiger partial charge in [0.15, 0.2) is 0 Å². The minimum atomic E-state index is -4.11. The Morgan fingerprint density at radius 1 is 1.33 bits per heavy atom. The molecule has 0 aromatic carbocycles. The molecule has 1 aliphatic heterocycles. The van der Waals surface area contributed by atoms with Crippen LogP contribution >= 0.6 is 12.2 Å². The van der Waals surface area contributed by atoms with Gasteiger partial charge in [0.2, 0.25) is 0 Å². The molecule has 0 radical (unpaired) electrons. The second-order valence-corrected chi connectivity index (χ2v) is 5.85. The fourth-order valence-corrected chi connectivity index (χ4v) is 3.06. The summed E-state index contributed by atoms with van der Waals surface area (Å²) in [5.41, 5.74) is 8.74. The van der Waals surface area contributed by atoms with Crippen LogP contribution in [0, 0.1) is 19.8 Å². The number of aryl methyl sites for hydroxylation is 2.